The van der Waals surface area contributed by atoms with Crippen molar-refractivity contribution >= 4 is 28.6 Å². The number of aliphatic hydroxyl groups is 1. The smallest absolute Gasteiger partial charge is 0.144 e. The van der Waals surface area contributed by atoms with Crippen molar-refractivity contribution < 1.29 is 9.84 Å². The number of halogens is 1. The second-order valence-corrected chi connectivity index (χ2v) is 12.8. The Morgan fingerprint density at radius 1 is 1.57 bits per heavy atom. The first-order valence-electron chi connectivity index (χ1n) is 7.69. The largest absolute Gasteiger partial charge is 0.404 e. The van der Waals surface area contributed by atoms with Crippen LogP contribution in [0.5, 0.6) is 0 Å². The van der Waals surface area contributed by atoms with Gasteiger partial charge in [-0.05, 0) is 28.9 Å². The van der Waals surface area contributed by atoms with Gasteiger partial charge in [-0.25, -0.2) is 4.98 Å². The number of hydrogen-bond donors (Lipinski definition) is 2. The van der Waals surface area contributed by atoms with Crippen molar-refractivity contribution in [3.8, 4) is 0 Å². The van der Waals surface area contributed by atoms with Gasteiger partial charge in [0, 0.05) is 45.4 Å². The zero-order valence-corrected chi connectivity index (χ0v) is 16.9. The lowest BCUT2D eigenvalue weighted by Crippen LogP contribution is -2.22. The molecule has 6 nitrogen and oxygen atoms in total. The van der Waals surface area contributed by atoms with Gasteiger partial charge in [0.05, 0.1) is 0 Å². The Hall–Kier alpha value is -0.963. The number of ether oxygens (including phenoxy) is 1. The van der Waals surface area contributed by atoms with Crippen LogP contribution in [0.1, 0.15) is 18.9 Å². The molecule has 0 aliphatic carbocycles. The third kappa shape index (κ3) is 6.58. The highest BCUT2D eigenvalue weighted by atomic mass is 79.9. The fourth-order valence-corrected chi connectivity index (χ4v) is 3.22. The molecule has 1 unspecified atom stereocenters. The molecule has 23 heavy (non-hydrogen) atoms. The van der Waals surface area contributed by atoms with Crippen LogP contribution in [0.4, 0.5) is 0 Å². The van der Waals surface area contributed by atoms with Crippen LogP contribution in [0.2, 0.25) is 25.7 Å². The first-order valence-corrected chi connectivity index (χ1v) is 12.2. The minimum absolute atomic E-state index is 0.358. The van der Waals surface area contributed by atoms with Gasteiger partial charge in [-0.2, -0.15) is 0 Å². The molecule has 1 aromatic heterocycles. The Morgan fingerprint density at radius 3 is 2.83 bits per heavy atom. The number of aliphatic imine (C=N–C) groups is 1. The summed E-state index contributed by atoms with van der Waals surface area (Å²) in [6.45, 7) is 10.5. The van der Waals surface area contributed by atoms with Crippen LogP contribution >= 0.6 is 15.9 Å². The lowest BCUT2D eigenvalue weighted by atomic mass is 10.1. The highest BCUT2D eigenvalue weighted by molar-refractivity contribution is 9.18. The van der Waals surface area contributed by atoms with Crippen LogP contribution in [-0.2, 0) is 11.5 Å². The van der Waals surface area contributed by atoms with E-state index in [0.29, 0.717) is 35.9 Å². The minimum Gasteiger partial charge on any atom is -0.404 e. The van der Waals surface area contributed by atoms with E-state index in [9.17, 15) is 5.11 Å². The number of hydrogen-bond acceptors (Lipinski definition) is 5. The summed E-state index contributed by atoms with van der Waals surface area (Å²) in [5.74, 6) is 0.484. The van der Waals surface area contributed by atoms with E-state index in [0.717, 1.165) is 6.04 Å². The summed E-state index contributed by atoms with van der Waals surface area (Å²) in [4.78, 5) is 8.44. The SMILES string of the molecule is CCN=C(Br)C(=CN)C(O)c1nccn1COCC[Si](C)(C)C. The summed E-state index contributed by atoms with van der Waals surface area (Å²) in [6, 6.07) is 1.10. The predicted molar refractivity (Wildman–Crippen MR) is 100 cm³/mol. The van der Waals surface area contributed by atoms with Crippen LogP contribution < -0.4 is 5.73 Å². The fourth-order valence-electron chi connectivity index (χ4n) is 1.86. The number of nitrogens with zero attached hydrogens (tertiary/aromatic N) is 3. The van der Waals surface area contributed by atoms with Crippen molar-refractivity contribution in [3.63, 3.8) is 0 Å². The highest BCUT2D eigenvalue weighted by Crippen LogP contribution is 2.23. The maximum Gasteiger partial charge on any atom is 0.144 e. The molecule has 1 heterocycles. The van der Waals surface area contributed by atoms with Gasteiger partial charge in [-0.15, -0.1) is 0 Å². The molecule has 0 radical (unpaired) electrons. The molecular formula is C15H27BrN4O2Si. The predicted octanol–water partition coefficient (Wildman–Crippen LogP) is 2.88. The molecule has 1 atom stereocenters. The molecule has 8 heteroatoms. The zero-order chi connectivity index (χ0) is 17.5. The summed E-state index contributed by atoms with van der Waals surface area (Å²) in [5, 5.41) is 10.5. The molecule has 0 aliphatic heterocycles. The number of nitrogens with two attached hydrogens (primary N) is 1. The normalized spacial score (nSPS) is 15.0. The van der Waals surface area contributed by atoms with Crippen molar-refractivity contribution in [2.45, 2.75) is 45.4 Å². The minimum atomic E-state index is -1.11. The molecule has 0 fully saturated rings. The van der Waals surface area contributed by atoms with E-state index in [1.807, 2.05) is 6.92 Å². The first-order chi connectivity index (χ1) is 10.8. The Labute approximate surface area is 147 Å². The topological polar surface area (TPSA) is 85.7 Å². The standard InChI is InChI=1S/C15H27BrN4O2Si/c1-5-18-14(16)12(10-17)13(21)15-19-6-7-20(15)11-22-8-9-23(2,3)4/h6-7,10,13,21H,5,8-9,11,17H2,1-4H3. The van der Waals surface area contributed by atoms with Crippen molar-refractivity contribution in [3.05, 3.63) is 30.0 Å². The molecule has 0 saturated carbocycles. The van der Waals surface area contributed by atoms with E-state index < -0.39 is 14.2 Å². The molecule has 0 amide bonds. The van der Waals surface area contributed by atoms with Gasteiger partial charge >= 0.3 is 0 Å². The lowest BCUT2D eigenvalue weighted by Gasteiger charge is -2.18. The van der Waals surface area contributed by atoms with Crippen LogP contribution in [-0.4, -0.2) is 40.5 Å². The van der Waals surface area contributed by atoms with E-state index >= 15 is 0 Å². The second kappa shape index (κ2) is 9.36. The monoisotopic (exact) mass is 402 g/mol. The van der Waals surface area contributed by atoms with Gasteiger partial charge in [0.15, 0.2) is 0 Å². The zero-order valence-electron chi connectivity index (χ0n) is 14.3. The van der Waals surface area contributed by atoms with Crippen LogP contribution in [0.15, 0.2) is 29.2 Å². The Bertz CT molecular complexity index is 552. The lowest BCUT2D eigenvalue weighted by molar-refractivity contribution is 0.0788. The molecule has 1 rings (SSSR count). The highest BCUT2D eigenvalue weighted by Gasteiger charge is 2.21. The summed E-state index contributed by atoms with van der Waals surface area (Å²) < 4.78 is 8.03. The average molecular weight is 403 g/mol. The number of aromatic nitrogens is 2. The van der Waals surface area contributed by atoms with Crippen molar-refractivity contribution in [2.24, 2.45) is 10.7 Å². The van der Waals surface area contributed by atoms with Crippen molar-refractivity contribution in [1.29, 1.82) is 0 Å². The molecule has 0 bridgehead atoms. The third-order valence-electron chi connectivity index (χ3n) is 3.23. The van der Waals surface area contributed by atoms with Gasteiger partial charge in [-0.1, -0.05) is 19.6 Å². The van der Waals surface area contributed by atoms with Gasteiger partial charge < -0.3 is 20.1 Å². The Kier molecular flexibility index (Phi) is 8.17. The summed E-state index contributed by atoms with van der Waals surface area (Å²) in [6.07, 6.45) is 3.81. The number of imidazole rings is 1. The maximum atomic E-state index is 10.5. The Morgan fingerprint density at radius 2 is 2.26 bits per heavy atom. The van der Waals surface area contributed by atoms with E-state index in [1.165, 1.54) is 6.20 Å². The summed E-state index contributed by atoms with van der Waals surface area (Å²) in [5.41, 5.74) is 6.12. The molecule has 130 valence electrons. The molecule has 0 aliphatic rings. The van der Waals surface area contributed by atoms with Crippen LogP contribution in [0.25, 0.3) is 0 Å². The van der Waals surface area contributed by atoms with Gasteiger partial charge in [0.25, 0.3) is 0 Å². The quantitative estimate of drug-likeness (QED) is 0.377. The maximum absolute atomic E-state index is 10.5. The van der Waals surface area contributed by atoms with Crippen LogP contribution in [0.3, 0.4) is 0 Å². The molecule has 3 N–H and O–H groups in total. The number of rotatable bonds is 9. The molecular weight excluding hydrogens is 376 g/mol. The van der Waals surface area contributed by atoms with Gasteiger partial charge in [0.2, 0.25) is 0 Å². The first kappa shape index (κ1) is 20.1. The van der Waals surface area contributed by atoms with Crippen molar-refractivity contribution in [1.82, 2.24) is 9.55 Å². The average Bonchev–Trinajstić information content (AvgIpc) is 2.92. The fraction of sp³-hybridized carbons (Fsp3) is 0.600. The van der Waals surface area contributed by atoms with Gasteiger partial charge in [-0.3, -0.25) is 4.99 Å². The molecule has 0 spiro atoms. The molecule has 1 aromatic rings. The van der Waals surface area contributed by atoms with Crippen LogP contribution in [0, 0.1) is 0 Å². The molecule has 0 aromatic carbocycles. The summed E-state index contributed by atoms with van der Waals surface area (Å²) in [7, 11) is -1.11. The Balaban J connectivity index is 2.75. The van der Waals surface area contributed by atoms with E-state index in [1.54, 1.807) is 17.0 Å². The number of aliphatic hydroxyl groups excluding tert-OH is 1. The summed E-state index contributed by atoms with van der Waals surface area (Å²) >= 11 is 3.34. The van der Waals surface area contributed by atoms with E-state index in [4.69, 9.17) is 10.5 Å². The second-order valence-electron chi connectivity index (χ2n) is 6.39. The molecule has 0 saturated heterocycles. The van der Waals surface area contributed by atoms with E-state index in [-0.39, 0.29) is 0 Å². The van der Waals surface area contributed by atoms with Crippen molar-refractivity contribution in [2.75, 3.05) is 13.2 Å². The van der Waals surface area contributed by atoms with Gasteiger partial charge in [0.1, 0.15) is 23.3 Å². The van der Waals surface area contributed by atoms with E-state index in [2.05, 4.69) is 45.5 Å². The third-order valence-corrected chi connectivity index (χ3v) is 5.64.